The van der Waals surface area contributed by atoms with Crippen LogP contribution in [-0.4, -0.2) is 44.6 Å². The maximum atomic E-state index is 13.2. The molecule has 5 nitrogen and oxygen atoms in total. The van der Waals surface area contributed by atoms with Gasteiger partial charge in [-0.2, -0.15) is 4.31 Å². The third kappa shape index (κ3) is 2.47. The molecule has 23 heavy (non-hydrogen) atoms. The Labute approximate surface area is 137 Å². The highest BCUT2D eigenvalue weighted by Gasteiger charge is 2.46. The third-order valence-electron chi connectivity index (χ3n) is 5.26. The van der Waals surface area contributed by atoms with Crippen LogP contribution in [0.15, 0.2) is 23.1 Å². The molecule has 126 valence electrons. The predicted octanol–water partition coefficient (Wildman–Crippen LogP) is 2.20. The zero-order valence-corrected chi connectivity index (χ0v) is 14.5. The van der Waals surface area contributed by atoms with Gasteiger partial charge in [0, 0.05) is 31.5 Å². The second kappa shape index (κ2) is 4.94. The van der Waals surface area contributed by atoms with Gasteiger partial charge >= 0.3 is 0 Å². The largest absolute Gasteiger partial charge is 0.486 e. The third-order valence-corrected chi connectivity index (χ3v) is 7.13. The lowest BCUT2D eigenvalue weighted by molar-refractivity contribution is 0.134. The maximum absolute atomic E-state index is 13.2. The van der Waals surface area contributed by atoms with Crippen LogP contribution in [0.25, 0.3) is 0 Å². The van der Waals surface area contributed by atoms with E-state index in [1.54, 1.807) is 10.4 Å². The first-order valence-corrected chi connectivity index (χ1v) is 9.64. The Balaban J connectivity index is 1.68. The first-order chi connectivity index (χ1) is 10.8. The van der Waals surface area contributed by atoms with E-state index in [9.17, 15) is 8.42 Å². The molecule has 0 aliphatic carbocycles. The van der Waals surface area contributed by atoms with Crippen LogP contribution in [-0.2, 0) is 21.2 Å². The van der Waals surface area contributed by atoms with E-state index in [0.29, 0.717) is 30.3 Å². The molecular weight excluding hydrogens is 314 g/mol. The normalized spacial score (nSPS) is 29.8. The Morgan fingerprint density at radius 3 is 2.78 bits per heavy atom. The van der Waals surface area contributed by atoms with Crippen molar-refractivity contribution in [3.8, 4) is 5.75 Å². The number of sulfonamides is 1. The molecule has 2 saturated heterocycles. The summed E-state index contributed by atoms with van der Waals surface area (Å²) in [5.41, 5.74) is 0.652. The van der Waals surface area contributed by atoms with Gasteiger partial charge in [0.1, 0.15) is 16.2 Å². The summed E-state index contributed by atoms with van der Waals surface area (Å²) < 4.78 is 39.4. The van der Waals surface area contributed by atoms with Crippen molar-refractivity contribution in [3.05, 3.63) is 23.8 Å². The van der Waals surface area contributed by atoms with Gasteiger partial charge in [-0.05, 0) is 38.3 Å². The van der Waals surface area contributed by atoms with Crippen molar-refractivity contribution < 1.29 is 17.9 Å². The quantitative estimate of drug-likeness (QED) is 0.830. The van der Waals surface area contributed by atoms with Gasteiger partial charge in [-0.15, -0.1) is 0 Å². The Kier molecular flexibility index (Phi) is 3.31. The van der Waals surface area contributed by atoms with E-state index in [1.807, 2.05) is 26.0 Å². The molecular formula is C17H23NO4S. The Morgan fingerprint density at radius 2 is 2.04 bits per heavy atom. The van der Waals surface area contributed by atoms with Gasteiger partial charge in [0.15, 0.2) is 0 Å². The molecule has 4 rings (SSSR count). The standard InChI is InChI=1S/C17H23NO4S/c1-16(2)10-13-4-3-5-14(15(13)22-16)23(19,20)18-8-6-17(11-18)7-9-21-12-17/h3-5H,6-12H2,1-2H3/t17-/m0/s1. The van der Waals surface area contributed by atoms with Gasteiger partial charge in [0.2, 0.25) is 10.0 Å². The van der Waals surface area contributed by atoms with Crippen molar-refractivity contribution in [2.75, 3.05) is 26.3 Å². The van der Waals surface area contributed by atoms with Crippen LogP contribution >= 0.6 is 0 Å². The van der Waals surface area contributed by atoms with Crippen molar-refractivity contribution >= 4 is 10.0 Å². The number of rotatable bonds is 2. The minimum absolute atomic E-state index is 0.0190. The van der Waals surface area contributed by atoms with Crippen LogP contribution in [0.3, 0.4) is 0 Å². The lowest BCUT2D eigenvalue weighted by Gasteiger charge is -2.23. The van der Waals surface area contributed by atoms with E-state index in [-0.39, 0.29) is 11.0 Å². The molecule has 3 aliphatic rings. The van der Waals surface area contributed by atoms with Crippen LogP contribution in [0.5, 0.6) is 5.75 Å². The van der Waals surface area contributed by atoms with E-state index >= 15 is 0 Å². The molecule has 1 spiro atoms. The molecule has 0 aromatic heterocycles. The van der Waals surface area contributed by atoms with Crippen molar-refractivity contribution in [1.29, 1.82) is 0 Å². The Morgan fingerprint density at radius 1 is 1.22 bits per heavy atom. The molecule has 0 unspecified atom stereocenters. The van der Waals surface area contributed by atoms with Gasteiger partial charge in [-0.1, -0.05) is 12.1 Å². The molecule has 6 heteroatoms. The van der Waals surface area contributed by atoms with Crippen LogP contribution in [0.2, 0.25) is 0 Å². The summed E-state index contributed by atoms with van der Waals surface area (Å²) in [6.45, 7) is 6.52. The average Bonchev–Trinajstić information content (AvgIpc) is 3.17. The lowest BCUT2D eigenvalue weighted by atomic mass is 9.87. The average molecular weight is 337 g/mol. The number of nitrogens with zero attached hydrogens (tertiary/aromatic N) is 1. The number of hydrogen-bond donors (Lipinski definition) is 0. The first kappa shape index (κ1) is 15.4. The van der Waals surface area contributed by atoms with E-state index < -0.39 is 10.0 Å². The summed E-state index contributed by atoms with van der Waals surface area (Å²) in [6.07, 6.45) is 2.58. The number of ether oxygens (including phenoxy) is 2. The molecule has 0 N–H and O–H groups in total. The fraction of sp³-hybridized carbons (Fsp3) is 0.647. The van der Waals surface area contributed by atoms with Crippen LogP contribution < -0.4 is 4.74 Å². The molecule has 3 heterocycles. The van der Waals surface area contributed by atoms with E-state index in [2.05, 4.69) is 0 Å². The molecule has 1 aromatic rings. The fourth-order valence-corrected chi connectivity index (χ4v) is 5.71. The number of para-hydroxylation sites is 1. The van der Waals surface area contributed by atoms with Gasteiger partial charge in [-0.3, -0.25) is 0 Å². The van der Waals surface area contributed by atoms with Gasteiger partial charge in [0.05, 0.1) is 6.61 Å². The molecule has 1 atom stereocenters. The predicted molar refractivity (Wildman–Crippen MR) is 86.1 cm³/mol. The van der Waals surface area contributed by atoms with Crippen LogP contribution in [0.1, 0.15) is 32.3 Å². The highest BCUT2D eigenvalue weighted by molar-refractivity contribution is 7.89. The van der Waals surface area contributed by atoms with E-state index in [1.165, 1.54) is 0 Å². The first-order valence-electron chi connectivity index (χ1n) is 8.20. The number of hydrogen-bond acceptors (Lipinski definition) is 4. The molecule has 1 aromatic carbocycles. The minimum Gasteiger partial charge on any atom is -0.486 e. The summed E-state index contributed by atoms with van der Waals surface area (Å²) in [5.74, 6) is 0.543. The summed E-state index contributed by atoms with van der Waals surface area (Å²) >= 11 is 0. The van der Waals surface area contributed by atoms with Gasteiger partial charge in [-0.25, -0.2) is 8.42 Å². The zero-order chi connectivity index (χ0) is 16.3. The second-order valence-corrected chi connectivity index (χ2v) is 9.58. The molecule has 0 radical (unpaired) electrons. The Bertz CT molecular complexity index is 735. The number of benzene rings is 1. The number of fused-ring (bicyclic) bond motifs is 1. The molecule has 3 aliphatic heterocycles. The minimum atomic E-state index is -3.52. The van der Waals surface area contributed by atoms with Crippen LogP contribution in [0.4, 0.5) is 0 Å². The van der Waals surface area contributed by atoms with Crippen molar-refractivity contribution in [1.82, 2.24) is 4.31 Å². The van der Waals surface area contributed by atoms with E-state index in [0.717, 1.165) is 31.4 Å². The summed E-state index contributed by atoms with van der Waals surface area (Å²) in [7, 11) is -3.52. The highest BCUT2D eigenvalue weighted by Crippen LogP contribution is 2.44. The Hall–Kier alpha value is -1.11. The summed E-state index contributed by atoms with van der Waals surface area (Å²) in [6, 6.07) is 5.45. The van der Waals surface area contributed by atoms with Crippen molar-refractivity contribution in [2.24, 2.45) is 5.41 Å². The molecule has 0 saturated carbocycles. The fourth-order valence-electron chi connectivity index (χ4n) is 4.00. The van der Waals surface area contributed by atoms with Crippen LogP contribution in [0, 0.1) is 5.41 Å². The highest BCUT2D eigenvalue weighted by atomic mass is 32.2. The summed E-state index contributed by atoms with van der Waals surface area (Å²) in [4.78, 5) is 0.316. The lowest BCUT2D eigenvalue weighted by Crippen LogP contribution is -2.33. The molecule has 0 amide bonds. The molecule has 2 fully saturated rings. The van der Waals surface area contributed by atoms with Gasteiger partial charge in [0.25, 0.3) is 0 Å². The van der Waals surface area contributed by atoms with Crippen molar-refractivity contribution in [2.45, 2.75) is 43.6 Å². The summed E-state index contributed by atoms with van der Waals surface area (Å²) in [5, 5.41) is 0. The smallest absolute Gasteiger partial charge is 0.246 e. The second-order valence-electron chi connectivity index (χ2n) is 7.67. The van der Waals surface area contributed by atoms with Crippen molar-refractivity contribution in [3.63, 3.8) is 0 Å². The van der Waals surface area contributed by atoms with E-state index in [4.69, 9.17) is 9.47 Å². The zero-order valence-electron chi connectivity index (χ0n) is 13.7. The van der Waals surface area contributed by atoms with Gasteiger partial charge < -0.3 is 9.47 Å². The SMILES string of the molecule is CC1(C)Cc2cccc(S(=O)(=O)N3CC[C@]4(CCOC4)C3)c2O1. The maximum Gasteiger partial charge on any atom is 0.246 e. The molecule has 0 bridgehead atoms. The monoisotopic (exact) mass is 337 g/mol. The topological polar surface area (TPSA) is 55.8 Å².